The van der Waals surface area contributed by atoms with Gasteiger partial charge in [-0.3, -0.25) is 9.59 Å². The van der Waals surface area contributed by atoms with Crippen LogP contribution in [0.2, 0.25) is 10.0 Å². The Morgan fingerprint density at radius 3 is 2.31 bits per heavy atom. The number of hydrogen-bond donors (Lipinski definition) is 1. The molecule has 0 saturated carbocycles. The number of nitrogens with zero attached hydrogens (tertiary/aromatic N) is 1. The summed E-state index contributed by atoms with van der Waals surface area (Å²) < 4.78 is 0. The third-order valence-corrected chi connectivity index (χ3v) is 7.01. The van der Waals surface area contributed by atoms with E-state index in [1.54, 1.807) is 23.1 Å². The van der Waals surface area contributed by atoms with Crippen molar-refractivity contribution >= 4 is 46.8 Å². The smallest absolute Gasteiger partial charge is 0.243 e. The lowest BCUT2D eigenvalue weighted by Crippen LogP contribution is -2.51. The molecule has 2 amide bonds. The number of amides is 2. The molecule has 0 heterocycles. The number of benzene rings is 2. The van der Waals surface area contributed by atoms with Crippen LogP contribution in [-0.4, -0.2) is 34.6 Å². The highest BCUT2D eigenvalue weighted by atomic mass is 35.5. The summed E-state index contributed by atoms with van der Waals surface area (Å²) in [5.41, 5.74) is 2.95. The molecule has 2 rings (SSSR count). The van der Waals surface area contributed by atoms with Crippen LogP contribution >= 0.6 is 35.0 Å². The largest absolute Gasteiger partial charge is 0.352 e. The quantitative estimate of drug-likeness (QED) is 0.401. The van der Waals surface area contributed by atoms with E-state index < -0.39 is 6.04 Å². The number of aryl methyl sites for hydroxylation is 1. The molecule has 0 unspecified atom stereocenters. The van der Waals surface area contributed by atoms with Crippen molar-refractivity contribution in [2.75, 3.05) is 5.75 Å². The maximum absolute atomic E-state index is 13.3. The zero-order chi connectivity index (χ0) is 23.7. The molecule has 2 aromatic carbocycles. The number of thioether (sulfide) groups is 1. The van der Waals surface area contributed by atoms with E-state index in [4.69, 9.17) is 23.2 Å². The van der Waals surface area contributed by atoms with E-state index in [1.807, 2.05) is 45.9 Å². The number of nitrogens with one attached hydrogen (secondary N) is 1. The Kier molecular flexibility index (Phi) is 10.9. The first-order valence-electron chi connectivity index (χ1n) is 10.9. The van der Waals surface area contributed by atoms with Crippen molar-refractivity contribution < 1.29 is 9.59 Å². The van der Waals surface area contributed by atoms with Crippen LogP contribution in [-0.2, 0) is 21.9 Å². The molecule has 0 aromatic heterocycles. The van der Waals surface area contributed by atoms with Crippen molar-refractivity contribution in [3.8, 4) is 0 Å². The number of carbonyl (C=O) groups is 2. The molecule has 0 radical (unpaired) electrons. The zero-order valence-corrected chi connectivity index (χ0v) is 21.5. The normalized spacial score (nSPS) is 12.8. The van der Waals surface area contributed by atoms with Gasteiger partial charge < -0.3 is 10.2 Å². The van der Waals surface area contributed by atoms with E-state index in [-0.39, 0.29) is 23.6 Å². The molecule has 2 atom stereocenters. The van der Waals surface area contributed by atoms with Gasteiger partial charge in [-0.1, -0.05) is 72.9 Å². The fourth-order valence-corrected chi connectivity index (χ4v) is 5.01. The van der Waals surface area contributed by atoms with Crippen LogP contribution in [0.1, 0.15) is 50.3 Å². The predicted octanol–water partition coefficient (Wildman–Crippen LogP) is 6.26. The minimum absolute atomic E-state index is 0.0595. The third kappa shape index (κ3) is 7.72. The molecular weight excluding hydrogens is 463 g/mol. The molecule has 0 aliphatic carbocycles. The summed E-state index contributed by atoms with van der Waals surface area (Å²) in [6.45, 7) is 8.35. The second-order valence-electron chi connectivity index (χ2n) is 7.95. The van der Waals surface area contributed by atoms with Crippen LogP contribution < -0.4 is 5.32 Å². The van der Waals surface area contributed by atoms with E-state index >= 15 is 0 Å². The summed E-state index contributed by atoms with van der Waals surface area (Å²) in [5.74, 6) is 0.576. The monoisotopic (exact) mass is 494 g/mol. The van der Waals surface area contributed by atoms with Gasteiger partial charge in [0, 0.05) is 28.4 Å². The second kappa shape index (κ2) is 13.1. The maximum Gasteiger partial charge on any atom is 0.243 e. The fourth-order valence-electron chi connectivity index (χ4n) is 3.36. The van der Waals surface area contributed by atoms with E-state index in [0.29, 0.717) is 28.8 Å². The van der Waals surface area contributed by atoms with Gasteiger partial charge in [0.2, 0.25) is 11.8 Å². The Balaban J connectivity index is 2.18. The van der Waals surface area contributed by atoms with Crippen molar-refractivity contribution in [3.63, 3.8) is 0 Å². The van der Waals surface area contributed by atoms with Crippen LogP contribution in [0.5, 0.6) is 0 Å². The average Bonchev–Trinajstić information content (AvgIpc) is 2.75. The summed E-state index contributed by atoms with van der Waals surface area (Å²) in [5, 5.41) is 4.22. The minimum atomic E-state index is -0.526. The molecule has 0 spiro atoms. The van der Waals surface area contributed by atoms with Crippen LogP contribution in [0, 0.1) is 6.92 Å². The van der Waals surface area contributed by atoms with Gasteiger partial charge in [0.15, 0.2) is 0 Å². The van der Waals surface area contributed by atoms with Gasteiger partial charge in [-0.05, 0) is 49.9 Å². The summed E-state index contributed by atoms with van der Waals surface area (Å²) in [6.07, 6.45) is 1.38. The van der Waals surface area contributed by atoms with Gasteiger partial charge in [-0.15, -0.1) is 11.8 Å². The summed E-state index contributed by atoms with van der Waals surface area (Å²) in [7, 11) is 0. The first kappa shape index (κ1) is 26.6. The first-order valence-corrected chi connectivity index (χ1v) is 12.8. The third-order valence-electron chi connectivity index (χ3n) is 5.36. The van der Waals surface area contributed by atoms with Gasteiger partial charge in [0.1, 0.15) is 6.04 Å². The molecule has 0 bridgehead atoms. The maximum atomic E-state index is 13.3. The Bertz CT molecular complexity index is 902. The Labute approximate surface area is 206 Å². The van der Waals surface area contributed by atoms with Gasteiger partial charge in [0.25, 0.3) is 0 Å². The van der Waals surface area contributed by atoms with Crippen molar-refractivity contribution in [3.05, 3.63) is 69.2 Å². The topological polar surface area (TPSA) is 49.4 Å². The number of hydrogen-bond acceptors (Lipinski definition) is 3. The van der Waals surface area contributed by atoms with E-state index in [1.165, 1.54) is 11.8 Å². The van der Waals surface area contributed by atoms with E-state index in [9.17, 15) is 9.59 Å². The van der Waals surface area contributed by atoms with Crippen LogP contribution in [0.4, 0.5) is 0 Å². The SMILES string of the molecule is CC[C@@H](C)NC(=O)[C@H](CC)N(Cc1cccc(C)c1)C(=O)CSCc1c(Cl)cccc1Cl. The van der Waals surface area contributed by atoms with Crippen LogP contribution in [0.3, 0.4) is 0 Å². The summed E-state index contributed by atoms with van der Waals surface area (Å²) >= 11 is 14.0. The molecule has 174 valence electrons. The highest BCUT2D eigenvalue weighted by Crippen LogP contribution is 2.28. The number of halogens is 2. The highest BCUT2D eigenvalue weighted by molar-refractivity contribution is 7.99. The molecule has 0 aliphatic rings. The zero-order valence-electron chi connectivity index (χ0n) is 19.2. The van der Waals surface area contributed by atoms with E-state index in [0.717, 1.165) is 23.1 Å². The molecule has 7 heteroatoms. The first-order chi connectivity index (χ1) is 15.3. The lowest BCUT2D eigenvalue weighted by Gasteiger charge is -2.31. The lowest BCUT2D eigenvalue weighted by molar-refractivity contribution is -0.139. The molecule has 2 aromatic rings. The van der Waals surface area contributed by atoms with E-state index in [2.05, 4.69) is 11.4 Å². The van der Waals surface area contributed by atoms with Crippen molar-refractivity contribution in [1.82, 2.24) is 10.2 Å². The standard InChI is InChI=1S/C25H32Cl2N2O2S/c1-5-18(4)28-25(31)23(6-2)29(14-19-10-7-9-17(3)13-19)24(30)16-32-15-20-21(26)11-8-12-22(20)27/h7-13,18,23H,5-6,14-16H2,1-4H3,(H,28,31)/t18-,23+/m1/s1. The minimum Gasteiger partial charge on any atom is -0.352 e. The fraction of sp³-hybridized carbons (Fsp3) is 0.440. The van der Waals surface area contributed by atoms with Gasteiger partial charge in [-0.2, -0.15) is 0 Å². The highest BCUT2D eigenvalue weighted by Gasteiger charge is 2.29. The summed E-state index contributed by atoms with van der Waals surface area (Å²) in [6, 6.07) is 13.0. The van der Waals surface area contributed by atoms with Gasteiger partial charge >= 0.3 is 0 Å². The Hall–Kier alpha value is -1.69. The molecule has 0 saturated heterocycles. The predicted molar refractivity (Wildman–Crippen MR) is 136 cm³/mol. The lowest BCUT2D eigenvalue weighted by atomic mass is 10.1. The second-order valence-corrected chi connectivity index (χ2v) is 9.75. The van der Waals surface area contributed by atoms with Crippen molar-refractivity contribution in [2.45, 2.75) is 64.9 Å². The van der Waals surface area contributed by atoms with Crippen molar-refractivity contribution in [1.29, 1.82) is 0 Å². The van der Waals surface area contributed by atoms with Gasteiger partial charge in [-0.25, -0.2) is 0 Å². The molecule has 0 aliphatic heterocycles. The van der Waals surface area contributed by atoms with Crippen LogP contribution in [0.25, 0.3) is 0 Å². The van der Waals surface area contributed by atoms with Crippen molar-refractivity contribution in [2.24, 2.45) is 0 Å². The number of carbonyl (C=O) groups excluding carboxylic acids is 2. The van der Waals surface area contributed by atoms with Crippen LogP contribution in [0.15, 0.2) is 42.5 Å². The van der Waals surface area contributed by atoms with Gasteiger partial charge in [0.05, 0.1) is 5.75 Å². The average molecular weight is 496 g/mol. The Morgan fingerprint density at radius 1 is 1.06 bits per heavy atom. The Morgan fingerprint density at radius 2 is 1.72 bits per heavy atom. The number of rotatable bonds is 11. The molecule has 4 nitrogen and oxygen atoms in total. The molecule has 32 heavy (non-hydrogen) atoms. The summed E-state index contributed by atoms with van der Waals surface area (Å²) in [4.78, 5) is 28.0. The molecule has 0 fully saturated rings. The molecule has 1 N–H and O–H groups in total. The molecular formula is C25H32Cl2N2O2S.